The molecule has 0 aliphatic carbocycles. The van der Waals surface area contributed by atoms with Crippen molar-refractivity contribution in [1.82, 2.24) is 5.43 Å². The molecule has 0 aliphatic rings. The largest absolute Gasteiger partial charge is 0.497 e. The summed E-state index contributed by atoms with van der Waals surface area (Å²) in [5.74, 6) is 0.781. The second kappa shape index (κ2) is 6.72. The van der Waals surface area contributed by atoms with Crippen LogP contribution in [-0.4, -0.2) is 26.3 Å². The van der Waals surface area contributed by atoms with Crippen molar-refractivity contribution in [3.63, 3.8) is 0 Å². The maximum atomic E-state index is 12.0. The first-order chi connectivity index (χ1) is 9.72. The van der Waals surface area contributed by atoms with E-state index in [0.29, 0.717) is 17.1 Å². The predicted molar refractivity (Wildman–Crippen MR) is 78.9 cm³/mol. The Labute approximate surface area is 120 Å². The molecular weight excluding hydrogens is 276 g/mol. The van der Waals surface area contributed by atoms with Gasteiger partial charge in [0.15, 0.2) is 0 Å². The maximum absolute atomic E-state index is 12.0. The highest BCUT2D eigenvalue weighted by molar-refractivity contribution is 7.11. The minimum Gasteiger partial charge on any atom is -0.497 e. The van der Waals surface area contributed by atoms with Gasteiger partial charge in [-0.1, -0.05) is 6.07 Å². The Morgan fingerprint density at radius 2 is 1.95 bits per heavy atom. The number of hydrogen-bond donors (Lipinski definition) is 1. The van der Waals surface area contributed by atoms with Crippen LogP contribution in [0.2, 0.25) is 0 Å². The van der Waals surface area contributed by atoms with E-state index in [1.165, 1.54) is 14.2 Å². The van der Waals surface area contributed by atoms with E-state index in [1.54, 1.807) is 35.8 Å². The minimum atomic E-state index is -0.324. The van der Waals surface area contributed by atoms with E-state index in [2.05, 4.69) is 10.5 Å². The molecule has 5 nitrogen and oxygen atoms in total. The van der Waals surface area contributed by atoms with E-state index >= 15 is 0 Å². The van der Waals surface area contributed by atoms with Gasteiger partial charge in [0.05, 0.1) is 20.4 Å². The highest BCUT2D eigenvalue weighted by Gasteiger charge is 2.08. The predicted octanol–water partition coefficient (Wildman–Crippen LogP) is 2.53. The van der Waals surface area contributed by atoms with Crippen molar-refractivity contribution < 1.29 is 14.3 Å². The first-order valence-electron chi connectivity index (χ1n) is 5.83. The van der Waals surface area contributed by atoms with Crippen molar-refractivity contribution in [3.05, 3.63) is 46.2 Å². The summed E-state index contributed by atoms with van der Waals surface area (Å²) in [5, 5.41) is 5.85. The van der Waals surface area contributed by atoms with Crippen LogP contribution in [0.3, 0.4) is 0 Å². The average molecular weight is 290 g/mol. The number of thiophene rings is 1. The van der Waals surface area contributed by atoms with Gasteiger partial charge in [-0.3, -0.25) is 4.79 Å². The number of benzene rings is 1. The van der Waals surface area contributed by atoms with Crippen LogP contribution in [0.25, 0.3) is 0 Å². The van der Waals surface area contributed by atoms with Crippen molar-refractivity contribution in [2.45, 2.75) is 0 Å². The molecule has 104 valence electrons. The number of rotatable bonds is 5. The molecule has 0 saturated carbocycles. The van der Waals surface area contributed by atoms with Gasteiger partial charge in [0.2, 0.25) is 0 Å². The minimum absolute atomic E-state index is 0.324. The van der Waals surface area contributed by atoms with Crippen LogP contribution in [0.4, 0.5) is 0 Å². The Bertz CT molecular complexity index is 587. The first-order valence-corrected chi connectivity index (χ1v) is 6.71. The fourth-order valence-corrected chi connectivity index (χ4v) is 2.11. The first kappa shape index (κ1) is 14.1. The number of hydrogen-bond acceptors (Lipinski definition) is 5. The highest BCUT2D eigenvalue weighted by atomic mass is 32.1. The van der Waals surface area contributed by atoms with Gasteiger partial charge in [0.1, 0.15) is 11.5 Å². The Balaban J connectivity index is 2.08. The quantitative estimate of drug-likeness (QED) is 0.680. The summed E-state index contributed by atoms with van der Waals surface area (Å²) in [7, 11) is 3.07. The topological polar surface area (TPSA) is 59.9 Å². The SMILES string of the molecule is COc1cc(OC)cc(C(=O)N/N=C\c2cccs2)c1. The van der Waals surface area contributed by atoms with E-state index < -0.39 is 0 Å². The van der Waals surface area contributed by atoms with Crippen LogP contribution in [0.1, 0.15) is 15.2 Å². The fraction of sp³-hybridized carbons (Fsp3) is 0.143. The van der Waals surface area contributed by atoms with Crippen LogP contribution < -0.4 is 14.9 Å². The van der Waals surface area contributed by atoms with Crippen LogP contribution in [0.15, 0.2) is 40.8 Å². The molecule has 1 aromatic carbocycles. The lowest BCUT2D eigenvalue weighted by Crippen LogP contribution is -2.17. The monoisotopic (exact) mass is 290 g/mol. The van der Waals surface area contributed by atoms with E-state index in [-0.39, 0.29) is 5.91 Å². The smallest absolute Gasteiger partial charge is 0.271 e. The van der Waals surface area contributed by atoms with Crippen LogP contribution in [-0.2, 0) is 0 Å². The summed E-state index contributed by atoms with van der Waals surface area (Å²) in [5.41, 5.74) is 2.89. The summed E-state index contributed by atoms with van der Waals surface area (Å²) in [6.45, 7) is 0. The Morgan fingerprint density at radius 3 is 2.50 bits per heavy atom. The van der Waals surface area contributed by atoms with E-state index in [0.717, 1.165) is 4.88 Å². The lowest BCUT2D eigenvalue weighted by Gasteiger charge is -2.07. The molecule has 0 atom stereocenters. The molecule has 2 rings (SSSR count). The normalized spacial score (nSPS) is 10.5. The Morgan fingerprint density at radius 1 is 1.25 bits per heavy atom. The molecule has 0 spiro atoms. The molecular formula is C14H14N2O3S. The number of carbonyl (C=O) groups excluding carboxylic acids is 1. The van der Waals surface area contributed by atoms with Gasteiger partial charge in [-0.25, -0.2) is 5.43 Å². The van der Waals surface area contributed by atoms with Gasteiger partial charge < -0.3 is 9.47 Å². The molecule has 0 fully saturated rings. The average Bonchev–Trinajstić information content (AvgIpc) is 2.99. The zero-order valence-electron chi connectivity index (χ0n) is 11.1. The van der Waals surface area contributed by atoms with Gasteiger partial charge in [-0.2, -0.15) is 5.10 Å². The molecule has 0 unspecified atom stereocenters. The van der Waals surface area contributed by atoms with Gasteiger partial charge in [-0.05, 0) is 23.6 Å². The number of amides is 1. The molecule has 0 aliphatic heterocycles. The second-order valence-electron chi connectivity index (χ2n) is 3.82. The van der Waals surface area contributed by atoms with Gasteiger partial charge in [-0.15, -0.1) is 11.3 Å². The third-order valence-electron chi connectivity index (χ3n) is 2.51. The number of nitrogens with zero attached hydrogens (tertiary/aromatic N) is 1. The third-order valence-corrected chi connectivity index (χ3v) is 3.32. The molecule has 1 aromatic heterocycles. The molecule has 2 aromatic rings. The van der Waals surface area contributed by atoms with Gasteiger partial charge in [0.25, 0.3) is 5.91 Å². The molecule has 1 N–H and O–H groups in total. The van der Waals surface area contributed by atoms with Crippen LogP contribution in [0, 0.1) is 0 Å². The zero-order valence-corrected chi connectivity index (χ0v) is 11.9. The number of hydrazone groups is 1. The lowest BCUT2D eigenvalue weighted by atomic mass is 10.2. The molecule has 1 heterocycles. The molecule has 0 saturated heterocycles. The van der Waals surface area contributed by atoms with Gasteiger partial charge in [0, 0.05) is 16.5 Å². The van der Waals surface area contributed by atoms with E-state index in [4.69, 9.17) is 9.47 Å². The van der Waals surface area contributed by atoms with Crippen molar-refractivity contribution in [3.8, 4) is 11.5 Å². The Kier molecular flexibility index (Phi) is 4.73. The van der Waals surface area contributed by atoms with Crippen LogP contribution in [0.5, 0.6) is 11.5 Å². The van der Waals surface area contributed by atoms with E-state index in [1.807, 2.05) is 17.5 Å². The molecule has 0 radical (unpaired) electrons. The number of methoxy groups -OCH3 is 2. The third kappa shape index (κ3) is 3.58. The van der Waals surface area contributed by atoms with Gasteiger partial charge >= 0.3 is 0 Å². The van der Waals surface area contributed by atoms with Crippen molar-refractivity contribution in [2.24, 2.45) is 5.10 Å². The summed E-state index contributed by atoms with van der Waals surface area (Å²) in [4.78, 5) is 12.9. The summed E-state index contributed by atoms with van der Waals surface area (Å²) >= 11 is 1.54. The summed E-state index contributed by atoms with van der Waals surface area (Å²) in [6, 6.07) is 8.78. The van der Waals surface area contributed by atoms with Crippen molar-refractivity contribution >= 4 is 23.5 Å². The molecule has 20 heavy (non-hydrogen) atoms. The van der Waals surface area contributed by atoms with E-state index in [9.17, 15) is 4.79 Å². The standard InChI is InChI=1S/C14H14N2O3S/c1-18-11-6-10(7-12(8-11)19-2)14(17)16-15-9-13-4-3-5-20-13/h3-9H,1-2H3,(H,16,17)/b15-9-. The van der Waals surface area contributed by atoms with Crippen LogP contribution >= 0.6 is 11.3 Å². The van der Waals surface area contributed by atoms with Crippen molar-refractivity contribution in [1.29, 1.82) is 0 Å². The number of carbonyl (C=O) groups is 1. The number of nitrogens with one attached hydrogen (secondary N) is 1. The fourth-order valence-electron chi connectivity index (χ4n) is 1.52. The lowest BCUT2D eigenvalue weighted by molar-refractivity contribution is 0.0954. The highest BCUT2D eigenvalue weighted by Crippen LogP contribution is 2.22. The summed E-state index contributed by atoms with van der Waals surface area (Å²) in [6.07, 6.45) is 1.60. The molecule has 0 bridgehead atoms. The molecule has 1 amide bonds. The molecule has 6 heteroatoms. The maximum Gasteiger partial charge on any atom is 0.271 e. The second-order valence-corrected chi connectivity index (χ2v) is 4.80. The summed E-state index contributed by atoms with van der Waals surface area (Å²) < 4.78 is 10.2. The van der Waals surface area contributed by atoms with Crippen molar-refractivity contribution in [2.75, 3.05) is 14.2 Å². The zero-order chi connectivity index (χ0) is 14.4. The Hall–Kier alpha value is -2.34. The number of ether oxygens (including phenoxy) is 2.